The zero-order valence-electron chi connectivity index (χ0n) is 17.8. The molecule has 4 aromatic rings. The highest BCUT2D eigenvalue weighted by atomic mass is 32.2. The van der Waals surface area contributed by atoms with Crippen LogP contribution in [0.2, 0.25) is 0 Å². The number of hydrogen-bond donors (Lipinski definition) is 1. The van der Waals surface area contributed by atoms with Crippen molar-refractivity contribution in [1.82, 2.24) is 10.3 Å². The minimum Gasteiger partial charge on any atom is -0.494 e. The van der Waals surface area contributed by atoms with Gasteiger partial charge in [0, 0.05) is 6.08 Å². The summed E-state index contributed by atoms with van der Waals surface area (Å²) >= 11 is 4.35. The summed E-state index contributed by atoms with van der Waals surface area (Å²) in [5, 5.41) is 4.08. The number of thioether (sulfide) groups is 1. The minimum atomic E-state index is -0.186. The zero-order chi connectivity index (χ0) is 22.8. The van der Waals surface area contributed by atoms with Crippen LogP contribution in [0.4, 0.5) is 5.69 Å². The number of aliphatic imine (C=N–C) groups is 1. The highest BCUT2D eigenvalue weighted by Crippen LogP contribution is 2.37. The summed E-state index contributed by atoms with van der Waals surface area (Å²) in [5.74, 6) is 1.26. The first-order valence-corrected chi connectivity index (χ1v) is 12.7. The lowest BCUT2D eigenvalue weighted by molar-refractivity contribution is -0.115. The summed E-state index contributed by atoms with van der Waals surface area (Å²) in [7, 11) is 0. The van der Waals surface area contributed by atoms with E-state index in [9.17, 15) is 4.79 Å². The van der Waals surface area contributed by atoms with Gasteiger partial charge in [-0.2, -0.15) is 0 Å². The Morgan fingerprint density at radius 2 is 2.09 bits per heavy atom. The third kappa shape index (κ3) is 5.00. The van der Waals surface area contributed by atoms with Crippen LogP contribution in [0, 0.1) is 6.92 Å². The van der Waals surface area contributed by atoms with Crippen LogP contribution in [-0.4, -0.2) is 22.7 Å². The van der Waals surface area contributed by atoms with E-state index in [0.717, 1.165) is 31.6 Å². The van der Waals surface area contributed by atoms with Crippen LogP contribution in [0.15, 0.2) is 78.3 Å². The van der Waals surface area contributed by atoms with Gasteiger partial charge >= 0.3 is 0 Å². The quantitative estimate of drug-likeness (QED) is 0.304. The molecular weight excluding hydrogens is 474 g/mol. The maximum atomic E-state index is 12.4. The van der Waals surface area contributed by atoms with Crippen molar-refractivity contribution in [2.24, 2.45) is 4.99 Å². The van der Waals surface area contributed by atoms with Crippen LogP contribution in [0.25, 0.3) is 16.3 Å². The molecule has 1 aliphatic heterocycles. The largest absolute Gasteiger partial charge is 0.494 e. The molecule has 1 N–H and O–H groups in total. The van der Waals surface area contributed by atoms with E-state index in [-0.39, 0.29) is 5.91 Å². The van der Waals surface area contributed by atoms with Gasteiger partial charge in [0.05, 0.1) is 27.4 Å². The van der Waals surface area contributed by atoms with Crippen LogP contribution in [0.1, 0.15) is 18.2 Å². The predicted octanol–water partition coefficient (Wildman–Crippen LogP) is 6.64. The lowest BCUT2D eigenvalue weighted by atomic mass is 10.2. The Morgan fingerprint density at radius 1 is 1.21 bits per heavy atom. The second kappa shape index (κ2) is 9.46. The molecule has 0 radical (unpaired) electrons. The molecule has 3 heterocycles. The SMILES string of the molecule is CCOc1ccc2nc(Sc3ccc(/C=C4\SC(=Nc5ccccc5C)NC4=O)o3)sc2c1. The number of nitrogens with zero attached hydrogens (tertiary/aromatic N) is 2. The third-order valence-electron chi connectivity index (χ3n) is 4.70. The van der Waals surface area contributed by atoms with E-state index in [2.05, 4.69) is 15.3 Å². The first-order valence-electron chi connectivity index (χ1n) is 10.2. The Bertz CT molecular complexity index is 1400. The van der Waals surface area contributed by atoms with Crippen molar-refractivity contribution in [2.45, 2.75) is 23.3 Å². The molecular formula is C24H19N3O3S3. The third-order valence-corrected chi connectivity index (χ3v) is 7.61. The molecule has 0 unspecified atom stereocenters. The van der Waals surface area contributed by atoms with Gasteiger partial charge in [0.2, 0.25) is 0 Å². The van der Waals surface area contributed by atoms with Crippen molar-refractivity contribution in [2.75, 3.05) is 6.61 Å². The molecule has 5 rings (SSSR count). The van der Waals surface area contributed by atoms with Gasteiger partial charge in [0.1, 0.15) is 11.5 Å². The number of aryl methyl sites for hydroxylation is 1. The molecule has 1 amide bonds. The zero-order valence-corrected chi connectivity index (χ0v) is 20.3. The van der Waals surface area contributed by atoms with E-state index in [4.69, 9.17) is 9.15 Å². The van der Waals surface area contributed by atoms with Gasteiger partial charge in [0.25, 0.3) is 5.91 Å². The van der Waals surface area contributed by atoms with Gasteiger partial charge in [-0.1, -0.05) is 18.2 Å². The van der Waals surface area contributed by atoms with Crippen LogP contribution in [0.5, 0.6) is 5.75 Å². The van der Waals surface area contributed by atoms with Crippen molar-refractivity contribution in [3.8, 4) is 5.75 Å². The van der Waals surface area contributed by atoms with Crippen LogP contribution < -0.4 is 10.1 Å². The van der Waals surface area contributed by atoms with Crippen molar-refractivity contribution < 1.29 is 13.9 Å². The molecule has 1 aliphatic rings. The van der Waals surface area contributed by atoms with Crippen molar-refractivity contribution in [1.29, 1.82) is 0 Å². The molecule has 166 valence electrons. The van der Waals surface area contributed by atoms with E-state index in [1.807, 2.05) is 68.4 Å². The molecule has 6 nitrogen and oxygen atoms in total. The number of carbonyl (C=O) groups excluding carboxylic acids is 1. The van der Waals surface area contributed by atoms with E-state index in [1.165, 1.54) is 23.5 Å². The smallest absolute Gasteiger partial charge is 0.264 e. The Morgan fingerprint density at radius 3 is 2.94 bits per heavy atom. The van der Waals surface area contributed by atoms with E-state index in [1.54, 1.807) is 17.4 Å². The highest BCUT2D eigenvalue weighted by molar-refractivity contribution is 8.18. The number of amides is 1. The molecule has 0 saturated carbocycles. The predicted molar refractivity (Wildman–Crippen MR) is 136 cm³/mol. The first-order chi connectivity index (χ1) is 16.1. The van der Waals surface area contributed by atoms with Gasteiger partial charge < -0.3 is 14.5 Å². The summed E-state index contributed by atoms with van der Waals surface area (Å²) in [4.78, 5) is 22.1. The lowest BCUT2D eigenvalue weighted by Gasteiger charge is -2.00. The number of nitrogens with one attached hydrogen (secondary N) is 1. The number of ether oxygens (including phenoxy) is 1. The molecule has 0 aliphatic carbocycles. The Kier molecular flexibility index (Phi) is 6.26. The normalized spacial score (nSPS) is 16.1. The highest BCUT2D eigenvalue weighted by Gasteiger charge is 2.24. The van der Waals surface area contributed by atoms with E-state index in [0.29, 0.717) is 27.5 Å². The fourth-order valence-electron chi connectivity index (χ4n) is 3.14. The monoisotopic (exact) mass is 493 g/mol. The van der Waals surface area contributed by atoms with Crippen molar-refractivity contribution in [3.63, 3.8) is 0 Å². The average Bonchev–Trinajstić information content (AvgIpc) is 3.49. The summed E-state index contributed by atoms with van der Waals surface area (Å²) in [6.07, 6.45) is 1.73. The molecule has 2 aromatic carbocycles. The fourth-order valence-corrected chi connectivity index (χ4v) is 5.96. The minimum absolute atomic E-state index is 0.186. The van der Waals surface area contributed by atoms with Gasteiger partial charge in [0.15, 0.2) is 14.6 Å². The van der Waals surface area contributed by atoms with Crippen LogP contribution in [0.3, 0.4) is 0 Å². The Balaban J connectivity index is 1.30. The van der Waals surface area contributed by atoms with Gasteiger partial charge in [-0.15, -0.1) is 11.3 Å². The number of thiazole rings is 1. The molecule has 1 fully saturated rings. The van der Waals surface area contributed by atoms with Crippen LogP contribution >= 0.6 is 34.9 Å². The summed E-state index contributed by atoms with van der Waals surface area (Å²) in [6.45, 7) is 4.59. The second-order valence-electron chi connectivity index (χ2n) is 7.07. The number of hydrogen-bond acceptors (Lipinski definition) is 8. The number of carbonyl (C=O) groups is 1. The average molecular weight is 494 g/mol. The topological polar surface area (TPSA) is 76.7 Å². The van der Waals surface area contributed by atoms with Gasteiger partial charge in [-0.3, -0.25) is 4.79 Å². The molecule has 0 atom stereocenters. The second-order valence-corrected chi connectivity index (χ2v) is 10.4. The van der Waals surface area contributed by atoms with E-state index < -0.39 is 0 Å². The number of furan rings is 1. The molecule has 0 spiro atoms. The summed E-state index contributed by atoms with van der Waals surface area (Å²) in [6, 6.07) is 17.4. The molecule has 2 aromatic heterocycles. The number of amidine groups is 1. The molecule has 9 heteroatoms. The number of para-hydroxylation sites is 1. The Hall–Kier alpha value is -3.01. The number of rotatable bonds is 6. The summed E-state index contributed by atoms with van der Waals surface area (Å²) in [5.41, 5.74) is 2.82. The maximum Gasteiger partial charge on any atom is 0.264 e. The standard InChI is InChI=1S/C24H19N3O3S3/c1-3-29-15-8-10-18-19(12-15)32-24(26-18)33-21-11-9-16(30-21)13-20-22(28)27-23(31-20)25-17-7-5-4-6-14(17)2/h4-13H,3H2,1-2H3,(H,25,27,28)/b20-13-. The Labute approximate surface area is 203 Å². The maximum absolute atomic E-state index is 12.4. The number of aromatic nitrogens is 1. The first kappa shape index (κ1) is 21.8. The van der Waals surface area contributed by atoms with Crippen LogP contribution in [-0.2, 0) is 4.79 Å². The van der Waals surface area contributed by atoms with E-state index >= 15 is 0 Å². The molecule has 33 heavy (non-hydrogen) atoms. The van der Waals surface area contributed by atoms with Gasteiger partial charge in [-0.25, -0.2) is 9.98 Å². The van der Waals surface area contributed by atoms with Crippen molar-refractivity contribution >= 4 is 67.9 Å². The molecule has 0 bridgehead atoms. The van der Waals surface area contributed by atoms with Crippen molar-refractivity contribution in [3.05, 3.63) is 70.8 Å². The summed E-state index contributed by atoms with van der Waals surface area (Å²) < 4.78 is 13.4. The molecule has 1 saturated heterocycles. The lowest BCUT2D eigenvalue weighted by Crippen LogP contribution is -2.19. The number of fused-ring (bicyclic) bond motifs is 1. The fraction of sp³-hybridized carbons (Fsp3) is 0.125. The van der Waals surface area contributed by atoms with Gasteiger partial charge in [-0.05, 0) is 79.3 Å². The number of benzene rings is 2.